The summed E-state index contributed by atoms with van der Waals surface area (Å²) in [5.74, 6) is -0.402. The summed E-state index contributed by atoms with van der Waals surface area (Å²) in [4.78, 5) is 0. The molecule has 100 valence electrons. The minimum Gasteiger partial charge on any atom is -0.396 e. The van der Waals surface area contributed by atoms with E-state index in [1.807, 2.05) is 0 Å². The van der Waals surface area contributed by atoms with E-state index in [9.17, 15) is 18.6 Å². The number of benzene rings is 1. The molecule has 1 aliphatic rings. The standard InChI is InChI=1S/C12H15ClO4S/c1-18(16,17)11-10(12(11,6-14)7-15)8-3-2-4-9(13)5-8/h2-5,10-11,14-15H,6-7H2,1H3/t10-,11+/m1/s1. The molecule has 1 aromatic rings. The Morgan fingerprint density at radius 2 is 1.94 bits per heavy atom. The van der Waals surface area contributed by atoms with Crippen molar-refractivity contribution in [2.45, 2.75) is 11.2 Å². The zero-order valence-corrected chi connectivity index (χ0v) is 11.4. The van der Waals surface area contributed by atoms with E-state index in [-0.39, 0.29) is 13.2 Å². The fourth-order valence-electron chi connectivity index (χ4n) is 2.76. The third kappa shape index (κ3) is 2.05. The number of aliphatic hydroxyl groups excluding tert-OH is 2. The van der Waals surface area contributed by atoms with E-state index < -0.39 is 26.4 Å². The molecule has 4 nitrogen and oxygen atoms in total. The Morgan fingerprint density at radius 1 is 1.33 bits per heavy atom. The Balaban J connectivity index is 2.45. The van der Waals surface area contributed by atoms with E-state index in [1.54, 1.807) is 24.3 Å². The molecule has 1 fully saturated rings. The first-order valence-corrected chi connectivity index (χ1v) is 7.86. The molecule has 1 aromatic carbocycles. The van der Waals surface area contributed by atoms with Gasteiger partial charge in [-0.15, -0.1) is 0 Å². The summed E-state index contributed by atoms with van der Waals surface area (Å²) < 4.78 is 23.5. The summed E-state index contributed by atoms with van der Waals surface area (Å²) in [6.07, 6.45) is 1.13. The highest BCUT2D eigenvalue weighted by Gasteiger charge is 2.69. The van der Waals surface area contributed by atoms with Crippen LogP contribution in [0.1, 0.15) is 11.5 Å². The van der Waals surface area contributed by atoms with Crippen LogP contribution < -0.4 is 0 Å². The molecular weight excluding hydrogens is 276 g/mol. The molecule has 1 saturated carbocycles. The average Bonchev–Trinajstić information content (AvgIpc) is 2.98. The second-order valence-electron chi connectivity index (χ2n) is 4.83. The van der Waals surface area contributed by atoms with Crippen LogP contribution in [-0.4, -0.2) is 43.4 Å². The van der Waals surface area contributed by atoms with Crippen molar-refractivity contribution in [1.29, 1.82) is 0 Å². The number of hydrogen-bond donors (Lipinski definition) is 2. The molecular formula is C12H15ClO4S. The Hall–Kier alpha value is -0.620. The summed E-state index contributed by atoms with van der Waals surface area (Å²) in [5, 5.41) is 18.6. The van der Waals surface area contributed by atoms with Crippen LogP contribution in [0.3, 0.4) is 0 Å². The molecule has 0 aromatic heterocycles. The number of hydrogen-bond acceptors (Lipinski definition) is 4. The van der Waals surface area contributed by atoms with Crippen molar-refractivity contribution in [3.8, 4) is 0 Å². The number of rotatable bonds is 4. The molecule has 1 aliphatic carbocycles. The maximum Gasteiger partial charge on any atom is 0.151 e. The van der Waals surface area contributed by atoms with Crippen molar-refractivity contribution in [3.63, 3.8) is 0 Å². The third-order valence-electron chi connectivity index (χ3n) is 3.64. The van der Waals surface area contributed by atoms with Gasteiger partial charge in [0.1, 0.15) is 0 Å². The lowest BCUT2D eigenvalue weighted by Crippen LogP contribution is -2.22. The van der Waals surface area contributed by atoms with Crippen molar-refractivity contribution in [3.05, 3.63) is 34.9 Å². The van der Waals surface area contributed by atoms with Crippen molar-refractivity contribution in [2.24, 2.45) is 5.41 Å². The smallest absolute Gasteiger partial charge is 0.151 e. The fourth-order valence-corrected chi connectivity index (χ4v) is 4.95. The summed E-state index contributed by atoms with van der Waals surface area (Å²) in [6, 6.07) is 6.87. The Morgan fingerprint density at radius 3 is 2.33 bits per heavy atom. The van der Waals surface area contributed by atoms with Crippen LogP contribution in [0.5, 0.6) is 0 Å². The highest BCUT2D eigenvalue weighted by molar-refractivity contribution is 7.91. The first-order chi connectivity index (χ1) is 8.36. The highest BCUT2D eigenvalue weighted by atomic mass is 35.5. The maximum absolute atomic E-state index is 11.7. The highest BCUT2D eigenvalue weighted by Crippen LogP contribution is 2.62. The van der Waals surface area contributed by atoms with E-state index in [0.717, 1.165) is 11.8 Å². The molecule has 0 amide bonds. The maximum atomic E-state index is 11.7. The Kier molecular flexibility index (Phi) is 3.44. The molecule has 2 atom stereocenters. The van der Waals surface area contributed by atoms with Gasteiger partial charge in [0.25, 0.3) is 0 Å². The average molecular weight is 291 g/mol. The van der Waals surface area contributed by atoms with Crippen LogP contribution in [0, 0.1) is 5.41 Å². The third-order valence-corrected chi connectivity index (χ3v) is 5.54. The van der Waals surface area contributed by atoms with Gasteiger partial charge in [0.2, 0.25) is 0 Å². The number of sulfone groups is 1. The molecule has 0 radical (unpaired) electrons. The van der Waals surface area contributed by atoms with E-state index in [2.05, 4.69) is 0 Å². The van der Waals surface area contributed by atoms with Gasteiger partial charge in [-0.2, -0.15) is 0 Å². The topological polar surface area (TPSA) is 74.6 Å². The summed E-state index contributed by atoms with van der Waals surface area (Å²) >= 11 is 5.88. The molecule has 0 unspecified atom stereocenters. The Labute approximate surface area is 111 Å². The van der Waals surface area contributed by atoms with Crippen molar-refractivity contribution in [2.75, 3.05) is 19.5 Å². The molecule has 2 N–H and O–H groups in total. The minimum absolute atomic E-state index is 0.363. The second-order valence-corrected chi connectivity index (χ2v) is 7.44. The lowest BCUT2D eigenvalue weighted by atomic mass is 10.0. The fraction of sp³-hybridized carbons (Fsp3) is 0.500. The summed E-state index contributed by atoms with van der Waals surface area (Å²) in [6.45, 7) is -0.725. The van der Waals surface area contributed by atoms with Gasteiger partial charge in [-0.3, -0.25) is 0 Å². The van der Waals surface area contributed by atoms with Crippen LogP contribution in [-0.2, 0) is 9.84 Å². The SMILES string of the molecule is CS(=O)(=O)[C@H]1[C@@H](c2cccc(Cl)c2)C1(CO)CO. The monoisotopic (exact) mass is 290 g/mol. The van der Waals surface area contributed by atoms with Gasteiger partial charge in [0, 0.05) is 22.6 Å². The van der Waals surface area contributed by atoms with Gasteiger partial charge in [-0.05, 0) is 17.7 Å². The molecule has 18 heavy (non-hydrogen) atoms. The first kappa shape index (κ1) is 13.8. The molecule has 0 bridgehead atoms. The largest absolute Gasteiger partial charge is 0.396 e. The van der Waals surface area contributed by atoms with Crippen LogP contribution in [0.25, 0.3) is 0 Å². The van der Waals surface area contributed by atoms with E-state index in [1.165, 1.54) is 0 Å². The molecule has 0 aliphatic heterocycles. The lowest BCUT2D eigenvalue weighted by molar-refractivity contribution is 0.130. The van der Waals surface area contributed by atoms with Gasteiger partial charge in [-0.1, -0.05) is 23.7 Å². The summed E-state index contributed by atoms with van der Waals surface area (Å²) in [5.41, 5.74) is -0.251. The number of halogens is 1. The van der Waals surface area contributed by atoms with E-state index in [0.29, 0.717) is 5.02 Å². The van der Waals surface area contributed by atoms with Crippen LogP contribution >= 0.6 is 11.6 Å². The van der Waals surface area contributed by atoms with E-state index >= 15 is 0 Å². The van der Waals surface area contributed by atoms with Crippen molar-refractivity contribution in [1.82, 2.24) is 0 Å². The van der Waals surface area contributed by atoms with Crippen molar-refractivity contribution < 1.29 is 18.6 Å². The lowest BCUT2D eigenvalue weighted by Gasteiger charge is -2.10. The van der Waals surface area contributed by atoms with Gasteiger partial charge in [0.15, 0.2) is 9.84 Å². The molecule has 6 heteroatoms. The molecule has 0 spiro atoms. The van der Waals surface area contributed by atoms with Gasteiger partial charge >= 0.3 is 0 Å². The minimum atomic E-state index is -3.33. The Bertz CT molecular complexity index is 551. The number of aliphatic hydroxyl groups is 2. The molecule has 0 saturated heterocycles. The second kappa shape index (κ2) is 4.49. The predicted octanol–water partition coefficient (Wildman–Crippen LogP) is 0.821. The molecule has 2 rings (SSSR count). The van der Waals surface area contributed by atoms with Gasteiger partial charge < -0.3 is 10.2 Å². The zero-order chi connectivity index (χ0) is 13.6. The van der Waals surface area contributed by atoms with Crippen LogP contribution in [0.4, 0.5) is 0 Å². The van der Waals surface area contributed by atoms with Crippen LogP contribution in [0.15, 0.2) is 24.3 Å². The normalized spacial score (nSPS) is 26.0. The quantitative estimate of drug-likeness (QED) is 0.861. The first-order valence-electron chi connectivity index (χ1n) is 5.53. The predicted molar refractivity (Wildman–Crippen MR) is 69.4 cm³/mol. The molecule has 0 heterocycles. The van der Waals surface area contributed by atoms with Gasteiger partial charge in [-0.25, -0.2) is 8.42 Å². The van der Waals surface area contributed by atoms with Crippen molar-refractivity contribution >= 4 is 21.4 Å². The zero-order valence-electron chi connectivity index (χ0n) is 9.88. The van der Waals surface area contributed by atoms with Gasteiger partial charge in [0.05, 0.1) is 18.5 Å². The van der Waals surface area contributed by atoms with Crippen LogP contribution in [0.2, 0.25) is 5.02 Å². The van der Waals surface area contributed by atoms with E-state index in [4.69, 9.17) is 11.6 Å². The summed E-state index contributed by atoms with van der Waals surface area (Å²) in [7, 11) is -3.33.